The van der Waals surface area contributed by atoms with Crippen molar-refractivity contribution in [3.8, 4) is 11.5 Å². The molecule has 0 bridgehead atoms. The Morgan fingerprint density at radius 3 is 2.71 bits per heavy atom. The standard InChI is InChI=1S/C29H39NO4/c1-20(2)10-9-17-29(4)23-16-15-21(3)33-28(23)27-24(13-8-14-25(27)34-29)32-19-26(31)30-18-22-11-6-5-7-12-22/h5-8,11-14,20-21,23,28H,9-10,15-19H2,1-4H3,(H,30,31)/t21-,23-,28-,29+/m1/s1. The zero-order chi connectivity index (χ0) is 24.1. The number of rotatable bonds is 9. The summed E-state index contributed by atoms with van der Waals surface area (Å²) in [5.74, 6) is 2.31. The Labute approximate surface area is 204 Å². The minimum atomic E-state index is -0.265. The van der Waals surface area contributed by atoms with Crippen LogP contribution in [-0.4, -0.2) is 24.2 Å². The molecule has 4 rings (SSSR count). The van der Waals surface area contributed by atoms with Crippen LogP contribution in [0.4, 0.5) is 0 Å². The van der Waals surface area contributed by atoms with Gasteiger partial charge in [0.15, 0.2) is 6.61 Å². The van der Waals surface area contributed by atoms with Crippen LogP contribution in [0.15, 0.2) is 48.5 Å². The first-order valence-electron chi connectivity index (χ1n) is 12.8. The van der Waals surface area contributed by atoms with Gasteiger partial charge in [-0.05, 0) is 63.1 Å². The molecule has 1 fully saturated rings. The quantitative estimate of drug-likeness (QED) is 0.478. The van der Waals surface area contributed by atoms with Crippen molar-refractivity contribution in [2.24, 2.45) is 11.8 Å². The second-order valence-corrected chi connectivity index (χ2v) is 10.5. The fraction of sp³-hybridized carbons (Fsp3) is 0.552. The van der Waals surface area contributed by atoms with Gasteiger partial charge in [-0.1, -0.05) is 56.7 Å². The van der Waals surface area contributed by atoms with Gasteiger partial charge in [-0.2, -0.15) is 0 Å². The molecule has 2 aliphatic rings. The number of carbonyl (C=O) groups is 1. The molecule has 2 heterocycles. The van der Waals surface area contributed by atoms with Crippen molar-refractivity contribution in [2.45, 2.75) is 84.2 Å². The van der Waals surface area contributed by atoms with Gasteiger partial charge in [0.1, 0.15) is 17.1 Å². The van der Waals surface area contributed by atoms with Crippen molar-refractivity contribution in [3.63, 3.8) is 0 Å². The molecule has 34 heavy (non-hydrogen) atoms. The molecule has 2 aromatic rings. The lowest BCUT2D eigenvalue weighted by Gasteiger charge is -2.50. The van der Waals surface area contributed by atoms with Crippen LogP contribution < -0.4 is 14.8 Å². The predicted octanol–water partition coefficient (Wildman–Crippen LogP) is 6.22. The number of hydrogen-bond acceptors (Lipinski definition) is 4. The molecule has 184 valence electrons. The zero-order valence-electron chi connectivity index (χ0n) is 21.0. The van der Waals surface area contributed by atoms with Gasteiger partial charge in [-0.3, -0.25) is 4.79 Å². The Kier molecular flexibility index (Phi) is 7.82. The first-order chi connectivity index (χ1) is 16.4. The van der Waals surface area contributed by atoms with Gasteiger partial charge in [0, 0.05) is 12.5 Å². The minimum absolute atomic E-state index is 0.0398. The highest BCUT2D eigenvalue weighted by Gasteiger charge is 2.50. The first-order valence-corrected chi connectivity index (χ1v) is 12.8. The van der Waals surface area contributed by atoms with Crippen LogP contribution in [0.1, 0.15) is 77.0 Å². The van der Waals surface area contributed by atoms with Crippen LogP contribution in [0.3, 0.4) is 0 Å². The van der Waals surface area contributed by atoms with E-state index in [0.717, 1.165) is 42.6 Å². The predicted molar refractivity (Wildman–Crippen MR) is 134 cm³/mol. The summed E-state index contributed by atoms with van der Waals surface area (Å²) < 4.78 is 19.3. The van der Waals surface area contributed by atoms with E-state index in [9.17, 15) is 4.79 Å². The molecule has 1 N–H and O–H groups in total. The van der Waals surface area contributed by atoms with Crippen molar-refractivity contribution < 1.29 is 19.0 Å². The molecule has 2 aromatic carbocycles. The summed E-state index contributed by atoms with van der Waals surface area (Å²) in [6, 6.07) is 15.8. The highest BCUT2D eigenvalue weighted by Crippen LogP contribution is 2.54. The number of benzene rings is 2. The second kappa shape index (κ2) is 10.8. The van der Waals surface area contributed by atoms with E-state index in [1.54, 1.807) is 0 Å². The molecule has 5 heteroatoms. The molecule has 0 aliphatic carbocycles. The molecule has 0 spiro atoms. The molecule has 1 saturated heterocycles. The van der Waals surface area contributed by atoms with E-state index in [1.165, 1.54) is 6.42 Å². The molecule has 0 unspecified atom stereocenters. The molecule has 0 saturated carbocycles. The topological polar surface area (TPSA) is 56.8 Å². The first kappa shape index (κ1) is 24.6. The maximum atomic E-state index is 12.5. The lowest BCUT2D eigenvalue weighted by molar-refractivity contribution is -0.153. The monoisotopic (exact) mass is 465 g/mol. The molecular weight excluding hydrogens is 426 g/mol. The van der Waals surface area contributed by atoms with Crippen LogP contribution in [0.2, 0.25) is 0 Å². The van der Waals surface area contributed by atoms with Gasteiger partial charge < -0.3 is 19.5 Å². The Morgan fingerprint density at radius 2 is 1.94 bits per heavy atom. The third-order valence-electron chi connectivity index (χ3n) is 7.21. The zero-order valence-corrected chi connectivity index (χ0v) is 21.0. The third kappa shape index (κ3) is 5.75. The summed E-state index contributed by atoms with van der Waals surface area (Å²) in [6.07, 6.45) is 5.55. The minimum Gasteiger partial charge on any atom is -0.487 e. The Hall–Kier alpha value is -2.53. The van der Waals surface area contributed by atoms with Crippen LogP contribution >= 0.6 is 0 Å². The molecule has 0 aromatic heterocycles. The van der Waals surface area contributed by atoms with E-state index in [-0.39, 0.29) is 36.2 Å². The van der Waals surface area contributed by atoms with Gasteiger partial charge >= 0.3 is 0 Å². The van der Waals surface area contributed by atoms with Gasteiger partial charge in [-0.25, -0.2) is 0 Å². The highest BCUT2D eigenvalue weighted by molar-refractivity contribution is 5.77. The number of hydrogen-bond donors (Lipinski definition) is 1. The van der Waals surface area contributed by atoms with Crippen LogP contribution in [-0.2, 0) is 16.1 Å². The van der Waals surface area contributed by atoms with Gasteiger partial charge in [0.05, 0.1) is 17.8 Å². The van der Waals surface area contributed by atoms with E-state index in [2.05, 4.69) is 33.0 Å². The van der Waals surface area contributed by atoms with Crippen molar-refractivity contribution >= 4 is 5.91 Å². The van der Waals surface area contributed by atoms with Crippen LogP contribution in [0, 0.1) is 11.8 Å². The molecule has 0 radical (unpaired) electrons. The lowest BCUT2D eigenvalue weighted by atomic mass is 9.72. The van der Waals surface area contributed by atoms with Crippen molar-refractivity contribution in [1.29, 1.82) is 0 Å². The van der Waals surface area contributed by atoms with Crippen molar-refractivity contribution in [1.82, 2.24) is 5.32 Å². The van der Waals surface area contributed by atoms with Gasteiger partial charge in [-0.15, -0.1) is 0 Å². The van der Waals surface area contributed by atoms with E-state index in [1.807, 2.05) is 48.5 Å². The van der Waals surface area contributed by atoms with E-state index >= 15 is 0 Å². The van der Waals surface area contributed by atoms with E-state index in [0.29, 0.717) is 18.2 Å². The summed E-state index contributed by atoms with van der Waals surface area (Å²) in [4.78, 5) is 12.5. The lowest BCUT2D eigenvalue weighted by Crippen LogP contribution is -2.50. The highest BCUT2D eigenvalue weighted by atomic mass is 16.5. The normalized spacial score (nSPS) is 25.7. The molecule has 2 aliphatic heterocycles. The summed E-state index contributed by atoms with van der Waals surface area (Å²) >= 11 is 0. The maximum absolute atomic E-state index is 12.5. The molecule has 1 amide bonds. The van der Waals surface area contributed by atoms with Crippen LogP contribution in [0.25, 0.3) is 0 Å². The average Bonchev–Trinajstić information content (AvgIpc) is 2.81. The smallest absolute Gasteiger partial charge is 0.258 e. The summed E-state index contributed by atoms with van der Waals surface area (Å²) in [5.41, 5.74) is 1.75. The Balaban J connectivity index is 1.48. The summed E-state index contributed by atoms with van der Waals surface area (Å²) in [5, 5.41) is 2.93. The average molecular weight is 466 g/mol. The summed E-state index contributed by atoms with van der Waals surface area (Å²) in [7, 11) is 0. The van der Waals surface area contributed by atoms with Gasteiger partial charge in [0.25, 0.3) is 5.91 Å². The SMILES string of the molecule is CC(C)CCC[C@]1(C)Oc2cccc(OCC(=O)NCc3ccccc3)c2[C@@H]2O[C@H](C)CC[C@H]21. The maximum Gasteiger partial charge on any atom is 0.258 e. The van der Waals surface area contributed by atoms with Crippen molar-refractivity contribution in [3.05, 3.63) is 59.7 Å². The Morgan fingerprint density at radius 1 is 1.15 bits per heavy atom. The molecule has 5 nitrogen and oxygen atoms in total. The third-order valence-corrected chi connectivity index (χ3v) is 7.21. The van der Waals surface area contributed by atoms with Crippen molar-refractivity contribution in [2.75, 3.05) is 6.61 Å². The van der Waals surface area contributed by atoms with E-state index < -0.39 is 0 Å². The fourth-order valence-corrected chi connectivity index (χ4v) is 5.31. The summed E-state index contributed by atoms with van der Waals surface area (Å²) in [6.45, 7) is 9.38. The van der Waals surface area contributed by atoms with Crippen LogP contribution in [0.5, 0.6) is 11.5 Å². The second-order valence-electron chi connectivity index (χ2n) is 10.5. The number of carbonyl (C=O) groups excluding carboxylic acids is 1. The molecular formula is C29H39NO4. The fourth-order valence-electron chi connectivity index (χ4n) is 5.31. The van der Waals surface area contributed by atoms with E-state index in [4.69, 9.17) is 14.2 Å². The Bertz CT molecular complexity index is 960. The number of amides is 1. The largest absolute Gasteiger partial charge is 0.487 e. The molecule has 4 atom stereocenters. The number of ether oxygens (including phenoxy) is 3. The number of fused-ring (bicyclic) bond motifs is 3. The van der Waals surface area contributed by atoms with Gasteiger partial charge in [0.2, 0.25) is 0 Å². The number of nitrogens with one attached hydrogen (secondary N) is 1.